The average molecular weight is 261 g/mol. The summed E-state index contributed by atoms with van der Waals surface area (Å²) in [7, 11) is -3.90. The van der Waals surface area contributed by atoms with Crippen LogP contribution in [0.15, 0.2) is 34.3 Å². The molecule has 0 aliphatic heterocycles. The van der Waals surface area contributed by atoms with Crippen LogP contribution >= 0.6 is 0 Å². The Kier molecular flexibility index (Phi) is 4.02. The average Bonchev–Trinajstić information content (AvgIpc) is 2.27. The minimum absolute atomic E-state index is 0.227. The maximum atomic E-state index is 12.9. The molecule has 6 nitrogen and oxygen atoms in total. The molecule has 1 unspecified atom stereocenters. The summed E-state index contributed by atoms with van der Waals surface area (Å²) in [5.74, 6) is -0.950. The van der Waals surface area contributed by atoms with Crippen LogP contribution in [0.3, 0.4) is 0 Å². The Balaban J connectivity index is 2.97. The van der Waals surface area contributed by atoms with Crippen molar-refractivity contribution in [1.82, 2.24) is 4.72 Å². The Bertz CT molecular complexity index is 530. The maximum Gasteiger partial charge on any atom is 0.241 e. The number of nitrogens with zero attached hydrogens (tertiary/aromatic N) is 1. The predicted octanol–water partition coefficient (Wildman–Crippen LogP) is 0.239. The Hall–Kier alpha value is -1.67. The molecule has 1 aromatic carbocycles. The summed E-state index contributed by atoms with van der Waals surface area (Å²) < 4.78 is 38.5. The van der Waals surface area contributed by atoms with Gasteiger partial charge in [-0.1, -0.05) is 11.2 Å². The summed E-state index contributed by atoms with van der Waals surface area (Å²) in [4.78, 5) is -0.227. The lowest BCUT2D eigenvalue weighted by atomic mass is 10.3. The van der Waals surface area contributed by atoms with Crippen LogP contribution in [0.2, 0.25) is 0 Å². The zero-order chi connectivity index (χ0) is 13.1. The van der Waals surface area contributed by atoms with Crippen LogP contribution in [0.5, 0.6) is 0 Å². The maximum absolute atomic E-state index is 12.9. The SMILES string of the molecule is CC(NS(=O)(=O)c1cccc(F)c1)/C(N)=N/O. The highest BCUT2D eigenvalue weighted by atomic mass is 32.2. The fourth-order valence-electron chi connectivity index (χ4n) is 1.08. The van der Waals surface area contributed by atoms with Crippen molar-refractivity contribution in [3.63, 3.8) is 0 Å². The first kappa shape index (κ1) is 13.4. The topological polar surface area (TPSA) is 105 Å². The first-order valence-corrected chi connectivity index (χ1v) is 6.10. The highest BCUT2D eigenvalue weighted by Gasteiger charge is 2.19. The first-order chi connectivity index (χ1) is 7.86. The fourth-order valence-corrected chi connectivity index (χ4v) is 2.33. The van der Waals surface area contributed by atoms with Crippen LogP contribution in [-0.2, 0) is 10.0 Å². The normalized spacial score (nSPS) is 14.6. The van der Waals surface area contributed by atoms with Crippen LogP contribution in [0, 0.1) is 5.82 Å². The van der Waals surface area contributed by atoms with E-state index in [-0.39, 0.29) is 10.7 Å². The summed E-state index contributed by atoms with van der Waals surface area (Å²) >= 11 is 0. The predicted molar refractivity (Wildman–Crippen MR) is 59.6 cm³/mol. The molecule has 4 N–H and O–H groups in total. The number of amidine groups is 1. The van der Waals surface area contributed by atoms with Crippen molar-refractivity contribution in [3.8, 4) is 0 Å². The summed E-state index contributed by atoms with van der Waals surface area (Å²) in [5.41, 5.74) is 5.23. The van der Waals surface area contributed by atoms with Crippen molar-refractivity contribution in [1.29, 1.82) is 0 Å². The van der Waals surface area contributed by atoms with E-state index in [4.69, 9.17) is 10.9 Å². The number of oxime groups is 1. The largest absolute Gasteiger partial charge is 0.409 e. The molecular weight excluding hydrogens is 249 g/mol. The van der Waals surface area contributed by atoms with Crippen LogP contribution in [-0.4, -0.2) is 25.5 Å². The van der Waals surface area contributed by atoms with Gasteiger partial charge in [-0.15, -0.1) is 0 Å². The number of halogens is 1. The van der Waals surface area contributed by atoms with E-state index in [0.29, 0.717) is 0 Å². The van der Waals surface area contributed by atoms with Crippen molar-refractivity contribution in [2.75, 3.05) is 0 Å². The summed E-state index contributed by atoms with van der Waals surface area (Å²) in [6.07, 6.45) is 0. The van der Waals surface area contributed by atoms with Gasteiger partial charge in [-0.3, -0.25) is 0 Å². The number of sulfonamides is 1. The van der Waals surface area contributed by atoms with Gasteiger partial charge >= 0.3 is 0 Å². The van der Waals surface area contributed by atoms with Crippen LogP contribution in [0.4, 0.5) is 4.39 Å². The van der Waals surface area contributed by atoms with Gasteiger partial charge in [0, 0.05) is 0 Å². The summed E-state index contributed by atoms with van der Waals surface area (Å²) in [5, 5.41) is 11.1. The zero-order valence-electron chi connectivity index (χ0n) is 8.96. The second-order valence-corrected chi connectivity index (χ2v) is 5.04. The molecule has 0 fully saturated rings. The van der Waals surface area contributed by atoms with E-state index < -0.39 is 21.9 Å². The molecule has 0 aliphatic rings. The molecular formula is C9H12FN3O3S. The molecule has 8 heteroatoms. The molecule has 0 heterocycles. The smallest absolute Gasteiger partial charge is 0.241 e. The molecule has 0 bridgehead atoms. The molecule has 1 atom stereocenters. The third-order valence-electron chi connectivity index (χ3n) is 2.00. The molecule has 0 spiro atoms. The van der Waals surface area contributed by atoms with Gasteiger partial charge in [0.2, 0.25) is 10.0 Å². The van der Waals surface area contributed by atoms with Gasteiger partial charge in [0.05, 0.1) is 10.9 Å². The molecule has 0 radical (unpaired) electrons. The van der Waals surface area contributed by atoms with E-state index in [0.717, 1.165) is 12.1 Å². The molecule has 0 saturated heterocycles. The van der Waals surface area contributed by atoms with Crippen molar-refractivity contribution >= 4 is 15.9 Å². The summed E-state index contributed by atoms with van der Waals surface area (Å²) in [6, 6.07) is 3.63. The van der Waals surface area contributed by atoms with Gasteiger partial charge in [-0.2, -0.15) is 0 Å². The van der Waals surface area contributed by atoms with Gasteiger partial charge in [0.1, 0.15) is 5.82 Å². The van der Waals surface area contributed by atoms with E-state index in [1.807, 2.05) is 0 Å². The standard InChI is InChI=1S/C9H12FN3O3S/c1-6(9(11)12-14)13-17(15,16)8-4-2-3-7(10)5-8/h2-6,13-14H,1H3,(H2,11,12). The molecule has 0 aliphatic carbocycles. The Morgan fingerprint density at radius 1 is 1.59 bits per heavy atom. The number of rotatable bonds is 4. The molecule has 1 rings (SSSR count). The Morgan fingerprint density at radius 2 is 2.24 bits per heavy atom. The molecule has 94 valence electrons. The molecule has 0 aromatic heterocycles. The third-order valence-corrected chi connectivity index (χ3v) is 3.54. The Labute approximate surface area is 98.0 Å². The van der Waals surface area contributed by atoms with E-state index in [1.165, 1.54) is 19.1 Å². The van der Waals surface area contributed by atoms with E-state index in [9.17, 15) is 12.8 Å². The lowest BCUT2D eigenvalue weighted by Gasteiger charge is -2.12. The van der Waals surface area contributed by atoms with Crippen LogP contribution in [0.25, 0.3) is 0 Å². The van der Waals surface area contributed by atoms with Gasteiger partial charge in [0.25, 0.3) is 0 Å². The highest BCUT2D eigenvalue weighted by Crippen LogP contribution is 2.10. The second kappa shape index (κ2) is 5.11. The second-order valence-electron chi connectivity index (χ2n) is 3.33. The number of hydrogen-bond acceptors (Lipinski definition) is 4. The first-order valence-electron chi connectivity index (χ1n) is 4.62. The van der Waals surface area contributed by atoms with Crippen molar-refractivity contribution in [3.05, 3.63) is 30.1 Å². The van der Waals surface area contributed by atoms with Crippen LogP contribution in [0.1, 0.15) is 6.92 Å². The number of nitrogens with one attached hydrogen (secondary N) is 1. The minimum atomic E-state index is -3.90. The highest BCUT2D eigenvalue weighted by molar-refractivity contribution is 7.89. The van der Waals surface area contributed by atoms with Crippen molar-refractivity contribution < 1.29 is 18.0 Å². The fraction of sp³-hybridized carbons (Fsp3) is 0.222. The van der Waals surface area contributed by atoms with E-state index in [1.54, 1.807) is 0 Å². The number of hydrogen-bond donors (Lipinski definition) is 3. The summed E-state index contributed by atoms with van der Waals surface area (Å²) in [6.45, 7) is 1.39. The zero-order valence-corrected chi connectivity index (χ0v) is 9.78. The molecule has 0 amide bonds. The van der Waals surface area contributed by atoms with E-state index >= 15 is 0 Å². The van der Waals surface area contributed by atoms with Gasteiger partial charge < -0.3 is 10.9 Å². The van der Waals surface area contributed by atoms with Gasteiger partial charge in [0.15, 0.2) is 5.84 Å². The third kappa shape index (κ3) is 3.40. The van der Waals surface area contributed by atoms with Crippen LogP contribution < -0.4 is 10.5 Å². The monoisotopic (exact) mass is 261 g/mol. The number of nitrogens with two attached hydrogens (primary N) is 1. The lowest BCUT2D eigenvalue weighted by molar-refractivity contribution is 0.316. The quantitative estimate of drug-likeness (QED) is 0.312. The number of benzene rings is 1. The molecule has 17 heavy (non-hydrogen) atoms. The van der Waals surface area contributed by atoms with Gasteiger partial charge in [-0.05, 0) is 25.1 Å². The van der Waals surface area contributed by atoms with Crippen molar-refractivity contribution in [2.45, 2.75) is 17.9 Å². The molecule has 0 saturated carbocycles. The van der Waals surface area contributed by atoms with Gasteiger partial charge in [-0.25, -0.2) is 17.5 Å². The molecule has 1 aromatic rings. The lowest BCUT2D eigenvalue weighted by Crippen LogP contribution is -2.42. The Morgan fingerprint density at radius 3 is 2.76 bits per heavy atom. The van der Waals surface area contributed by atoms with E-state index in [2.05, 4.69) is 9.88 Å². The minimum Gasteiger partial charge on any atom is -0.409 e. The van der Waals surface area contributed by atoms with Crippen molar-refractivity contribution in [2.24, 2.45) is 10.9 Å².